The van der Waals surface area contributed by atoms with Gasteiger partial charge in [-0.15, -0.1) is 0 Å². The highest BCUT2D eigenvalue weighted by atomic mass is 16.2. The highest BCUT2D eigenvalue weighted by molar-refractivity contribution is 6.00. The van der Waals surface area contributed by atoms with E-state index in [4.69, 9.17) is 0 Å². The summed E-state index contributed by atoms with van der Waals surface area (Å²) < 4.78 is 0. The van der Waals surface area contributed by atoms with Crippen molar-refractivity contribution in [2.75, 3.05) is 0 Å². The van der Waals surface area contributed by atoms with E-state index in [0.717, 1.165) is 27.6 Å². The van der Waals surface area contributed by atoms with Gasteiger partial charge < -0.3 is 0 Å². The molecule has 1 amide bonds. The van der Waals surface area contributed by atoms with E-state index in [1.165, 1.54) is 5.56 Å². The van der Waals surface area contributed by atoms with E-state index in [-0.39, 0.29) is 5.91 Å². The molecule has 3 aromatic carbocycles. The average molecular weight is 354 g/mol. The van der Waals surface area contributed by atoms with Crippen molar-refractivity contribution in [2.45, 2.75) is 6.92 Å². The van der Waals surface area contributed by atoms with Crippen molar-refractivity contribution in [3.05, 3.63) is 89.6 Å². The molecule has 2 N–H and O–H groups in total. The molecule has 0 aliphatic rings. The summed E-state index contributed by atoms with van der Waals surface area (Å²) >= 11 is 0. The number of H-pyrrole nitrogens is 1. The summed E-state index contributed by atoms with van der Waals surface area (Å²) in [7, 11) is 0. The summed E-state index contributed by atoms with van der Waals surface area (Å²) in [5, 5.41) is 13.3. The molecule has 0 saturated carbocycles. The van der Waals surface area contributed by atoms with E-state index in [9.17, 15) is 4.79 Å². The lowest BCUT2D eigenvalue weighted by Crippen LogP contribution is -2.18. The van der Waals surface area contributed by atoms with Gasteiger partial charge in [-0.2, -0.15) is 10.2 Å². The number of aryl methyl sites for hydroxylation is 1. The van der Waals surface area contributed by atoms with Crippen molar-refractivity contribution < 1.29 is 4.79 Å². The number of hydrazone groups is 1. The SMILES string of the molecule is Cc1ccc(-c2cc(C(=O)N/N=C/c3cccc4ccccc34)[nH]n2)cc1. The number of fused-ring (bicyclic) bond motifs is 1. The Bertz CT molecular complexity index is 1120. The Kier molecular flexibility index (Phi) is 4.49. The molecule has 0 aliphatic carbocycles. The zero-order valence-electron chi connectivity index (χ0n) is 14.8. The van der Waals surface area contributed by atoms with Crippen LogP contribution in [-0.2, 0) is 0 Å². The first-order chi connectivity index (χ1) is 13.2. The summed E-state index contributed by atoms with van der Waals surface area (Å²) in [5.74, 6) is -0.336. The molecule has 0 unspecified atom stereocenters. The fourth-order valence-electron chi connectivity index (χ4n) is 2.89. The van der Waals surface area contributed by atoms with Gasteiger partial charge in [0.15, 0.2) is 0 Å². The standard InChI is InChI=1S/C22H18N4O/c1-15-9-11-17(12-10-15)20-13-21(25-24-20)22(27)26-23-14-18-7-4-6-16-5-2-3-8-19(16)18/h2-14H,1H3,(H,24,25)(H,26,27)/b23-14+. The molecule has 0 saturated heterocycles. The molecule has 0 atom stereocenters. The fourth-order valence-corrected chi connectivity index (χ4v) is 2.89. The Morgan fingerprint density at radius 1 is 1.04 bits per heavy atom. The number of nitrogens with zero attached hydrogens (tertiary/aromatic N) is 2. The highest BCUT2D eigenvalue weighted by Gasteiger charge is 2.10. The number of carbonyl (C=O) groups excluding carboxylic acids is 1. The zero-order chi connectivity index (χ0) is 18.6. The number of amides is 1. The minimum atomic E-state index is -0.336. The summed E-state index contributed by atoms with van der Waals surface area (Å²) in [6.07, 6.45) is 1.65. The van der Waals surface area contributed by atoms with Crippen LogP contribution in [0.1, 0.15) is 21.6 Å². The molecule has 0 fully saturated rings. The van der Waals surface area contributed by atoms with Crippen LogP contribution in [0.15, 0.2) is 77.9 Å². The van der Waals surface area contributed by atoms with E-state index >= 15 is 0 Å². The van der Waals surface area contributed by atoms with Crippen LogP contribution in [0.25, 0.3) is 22.0 Å². The van der Waals surface area contributed by atoms with Crippen LogP contribution in [-0.4, -0.2) is 22.3 Å². The summed E-state index contributed by atoms with van der Waals surface area (Å²) in [6, 6.07) is 23.7. The highest BCUT2D eigenvalue weighted by Crippen LogP contribution is 2.18. The second kappa shape index (κ2) is 7.25. The predicted octanol–water partition coefficient (Wildman–Crippen LogP) is 4.30. The monoisotopic (exact) mass is 354 g/mol. The van der Waals surface area contributed by atoms with Crippen LogP contribution < -0.4 is 5.43 Å². The lowest BCUT2D eigenvalue weighted by atomic mass is 10.1. The molecule has 0 aliphatic heterocycles. The Morgan fingerprint density at radius 3 is 2.67 bits per heavy atom. The second-order valence-corrected chi connectivity index (χ2v) is 6.30. The molecule has 4 aromatic rings. The third kappa shape index (κ3) is 3.62. The van der Waals surface area contributed by atoms with Gasteiger partial charge in [0.2, 0.25) is 0 Å². The molecule has 0 radical (unpaired) electrons. The number of carbonyl (C=O) groups is 1. The van der Waals surface area contributed by atoms with Gasteiger partial charge in [0.25, 0.3) is 5.91 Å². The van der Waals surface area contributed by atoms with Crippen molar-refractivity contribution in [3.63, 3.8) is 0 Å². The quantitative estimate of drug-likeness (QED) is 0.424. The lowest BCUT2D eigenvalue weighted by Gasteiger charge is -2.01. The van der Waals surface area contributed by atoms with Gasteiger partial charge in [0.1, 0.15) is 5.69 Å². The molecule has 5 nitrogen and oxygen atoms in total. The van der Waals surface area contributed by atoms with Gasteiger partial charge in [0.05, 0.1) is 11.9 Å². The van der Waals surface area contributed by atoms with Crippen molar-refractivity contribution >= 4 is 22.9 Å². The first kappa shape index (κ1) is 16.7. The van der Waals surface area contributed by atoms with Crippen molar-refractivity contribution in [1.29, 1.82) is 0 Å². The normalized spacial score (nSPS) is 11.1. The maximum Gasteiger partial charge on any atom is 0.289 e. The largest absolute Gasteiger partial charge is 0.289 e. The number of rotatable bonds is 4. The number of aromatic amines is 1. The molecule has 0 spiro atoms. The summed E-state index contributed by atoms with van der Waals surface area (Å²) in [4.78, 5) is 12.3. The van der Waals surface area contributed by atoms with Crippen LogP contribution in [0.4, 0.5) is 0 Å². The molecule has 5 heteroatoms. The first-order valence-corrected chi connectivity index (χ1v) is 8.64. The molecular weight excluding hydrogens is 336 g/mol. The van der Waals surface area contributed by atoms with Crippen LogP contribution in [0.3, 0.4) is 0 Å². The van der Waals surface area contributed by atoms with Crippen LogP contribution in [0.2, 0.25) is 0 Å². The molecule has 1 heterocycles. The minimum Gasteiger partial charge on any atom is -0.272 e. The Morgan fingerprint density at radius 2 is 1.81 bits per heavy atom. The van der Waals surface area contributed by atoms with Gasteiger partial charge in [-0.3, -0.25) is 9.89 Å². The maximum atomic E-state index is 12.3. The molecule has 0 bridgehead atoms. The van der Waals surface area contributed by atoms with E-state index < -0.39 is 0 Å². The van der Waals surface area contributed by atoms with E-state index in [0.29, 0.717) is 5.69 Å². The third-order valence-corrected chi connectivity index (χ3v) is 4.36. The van der Waals surface area contributed by atoms with Gasteiger partial charge >= 0.3 is 0 Å². The topological polar surface area (TPSA) is 70.1 Å². The van der Waals surface area contributed by atoms with Gasteiger partial charge in [0, 0.05) is 11.1 Å². The Balaban J connectivity index is 1.48. The van der Waals surface area contributed by atoms with Crippen LogP contribution >= 0.6 is 0 Å². The van der Waals surface area contributed by atoms with Crippen molar-refractivity contribution in [3.8, 4) is 11.3 Å². The molecule has 1 aromatic heterocycles. The predicted molar refractivity (Wildman–Crippen MR) is 108 cm³/mol. The fraction of sp³-hybridized carbons (Fsp3) is 0.0455. The molecule has 27 heavy (non-hydrogen) atoms. The third-order valence-electron chi connectivity index (χ3n) is 4.36. The summed E-state index contributed by atoms with van der Waals surface area (Å²) in [6.45, 7) is 2.03. The van der Waals surface area contributed by atoms with Crippen LogP contribution in [0, 0.1) is 6.92 Å². The average Bonchev–Trinajstić information content (AvgIpc) is 3.19. The Labute approximate surface area is 156 Å². The molecule has 4 rings (SSSR count). The smallest absolute Gasteiger partial charge is 0.272 e. The number of hydrogen-bond donors (Lipinski definition) is 2. The van der Waals surface area contributed by atoms with Crippen molar-refractivity contribution in [2.24, 2.45) is 5.10 Å². The van der Waals surface area contributed by atoms with E-state index in [1.807, 2.05) is 73.7 Å². The molecule has 132 valence electrons. The maximum absolute atomic E-state index is 12.3. The van der Waals surface area contributed by atoms with E-state index in [2.05, 4.69) is 20.7 Å². The molecular formula is C22H18N4O. The van der Waals surface area contributed by atoms with E-state index in [1.54, 1.807) is 12.3 Å². The first-order valence-electron chi connectivity index (χ1n) is 8.64. The van der Waals surface area contributed by atoms with Crippen LogP contribution in [0.5, 0.6) is 0 Å². The number of hydrogen-bond acceptors (Lipinski definition) is 3. The second-order valence-electron chi connectivity index (χ2n) is 6.30. The van der Waals surface area contributed by atoms with Crippen molar-refractivity contribution in [1.82, 2.24) is 15.6 Å². The Hall–Kier alpha value is -3.73. The number of benzene rings is 3. The summed E-state index contributed by atoms with van der Waals surface area (Å²) in [5.41, 5.74) is 6.70. The van der Waals surface area contributed by atoms with Gasteiger partial charge in [-0.05, 0) is 23.8 Å². The van der Waals surface area contributed by atoms with Gasteiger partial charge in [-0.25, -0.2) is 5.43 Å². The lowest BCUT2D eigenvalue weighted by molar-refractivity contribution is 0.0950. The zero-order valence-corrected chi connectivity index (χ0v) is 14.8. The number of aromatic nitrogens is 2. The number of nitrogens with one attached hydrogen (secondary N) is 2. The van der Waals surface area contributed by atoms with Gasteiger partial charge in [-0.1, -0.05) is 72.3 Å². The minimum absolute atomic E-state index is 0.336.